The van der Waals surface area contributed by atoms with Gasteiger partial charge in [-0.1, -0.05) is 53.7 Å². The van der Waals surface area contributed by atoms with Crippen molar-refractivity contribution in [1.82, 2.24) is 62.1 Å². The van der Waals surface area contributed by atoms with Crippen LogP contribution in [-0.2, 0) is 67.1 Å². The van der Waals surface area contributed by atoms with Gasteiger partial charge in [0.2, 0.25) is 29.5 Å². The van der Waals surface area contributed by atoms with Crippen molar-refractivity contribution in [2.24, 2.45) is 0 Å². The molecular formula is C63H99FN12O25Si. The molecule has 6 atom stereocenters. The van der Waals surface area contributed by atoms with E-state index in [1.807, 2.05) is 10.6 Å². The van der Waals surface area contributed by atoms with Gasteiger partial charge in [-0.05, 0) is 78.8 Å². The van der Waals surface area contributed by atoms with E-state index in [1.165, 1.54) is 43.9 Å². The van der Waals surface area contributed by atoms with E-state index in [9.17, 15) is 118 Å². The third kappa shape index (κ3) is 32.9. The lowest BCUT2D eigenvalue weighted by atomic mass is 10.1. The van der Waals surface area contributed by atoms with Crippen molar-refractivity contribution in [3.8, 4) is 0 Å². The lowest BCUT2D eigenvalue weighted by Gasteiger charge is -2.44. The number of unbranched alkanes of at least 4 members (excludes halogenated alkanes) is 1. The maximum atomic E-state index is 17.1. The van der Waals surface area contributed by atoms with Crippen LogP contribution in [0.3, 0.4) is 0 Å². The van der Waals surface area contributed by atoms with Crippen LogP contribution in [0.5, 0.6) is 0 Å². The van der Waals surface area contributed by atoms with Gasteiger partial charge in [-0.25, -0.2) is 24.0 Å². The molecule has 0 saturated carbocycles. The molecule has 0 radical (unpaired) electrons. The van der Waals surface area contributed by atoms with E-state index >= 15 is 4.11 Å². The molecule has 39 heteroatoms. The SMILES string of the molecule is CC(C)(C)[Si](F)(c1ccc(C(=O)NC[C@H](NC(=O)CC[C@@H](C(=O)O)N2CCN(CC(=O)O)CCN(CC(=O)O)CCN(CC(=O)O)CC2)C(=O)N[C@H](CCCCNC(=O)CCC(=O)NCCC[C@@H](NC(=O)CC[C@H](NC(=O)N[C@@H](CCC(=O)O)C(=O)O)C(=O)O)C(=O)O)C(=O)O)cc1)C(C)(C)C. The van der Waals surface area contributed by atoms with Crippen LogP contribution in [0, 0.1) is 0 Å². The van der Waals surface area contributed by atoms with E-state index in [0.717, 1.165) is 0 Å². The number of hydrogen-bond donors (Lipinski definition) is 17. The minimum Gasteiger partial charge on any atom is -0.481 e. The Bertz CT molecular complexity index is 3050. The number of aliphatic carboxylic acids is 9. The van der Waals surface area contributed by atoms with Crippen LogP contribution in [0.4, 0.5) is 8.90 Å². The minimum absolute atomic E-state index is 0.00207. The van der Waals surface area contributed by atoms with E-state index in [0.29, 0.717) is 5.19 Å². The number of carboxylic acids is 9. The number of halogens is 1. The van der Waals surface area contributed by atoms with Crippen molar-refractivity contribution in [3.63, 3.8) is 0 Å². The molecule has 1 aliphatic heterocycles. The van der Waals surface area contributed by atoms with Gasteiger partial charge in [0.05, 0.1) is 19.6 Å². The number of nitrogens with one attached hydrogen (secondary N) is 8. The molecular weight excluding hydrogens is 1370 g/mol. The Hall–Kier alpha value is -9.47. The van der Waals surface area contributed by atoms with Crippen LogP contribution < -0.4 is 47.7 Å². The van der Waals surface area contributed by atoms with Crippen LogP contribution in [0.15, 0.2) is 24.3 Å². The molecule has 1 aromatic carbocycles. The Kier molecular flexibility index (Phi) is 37.7. The maximum Gasteiger partial charge on any atom is 0.326 e. The van der Waals surface area contributed by atoms with Gasteiger partial charge in [0.1, 0.15) is 36.3 Å². The molecule has 8 amide bonds. The monoisotopic (exact) mass is 1470 g/mol. The molecule has 1 heterocycles. The highest BCUT2D eigenvalue weighted by molar-refractivity contribution is 6.90. The van der Waals surface area contributed by atoms with E-state index in [1.54, 1.807) is 41.5 Å². The standard InChI is InChI=1S/C63H99FN12O25Si/c1-62(2,3)102(64,63(4,5)6)39-14-12-38(13-15-39)54(89)67-34-44(69-49(80)20-18-45(60(99)100)76-32-30-74(36-52(85)86)28-26-73(35-51(83)84)27-29-75(31-33-76)37-53(87)88)55(90)70-41(57(93)94)10-7-8-24-65-46(77)21-22-47(78)66-25-9-11-40(56(91)92)68-48(79)19-16-42(58(95)96)71-61(101)72-43(59(97)98)17-23-50(81)82/h12-15,40-45H,7-11,16-37H2,1-6H3,(H,65,77)(H,66,78)(H,67,89)(H,68,79)(H,69,80)(H,70,90)(H,81,82)(H,83,84)(H,85,86)(H,87,88)(H,91,92)(H,93,94)(H,95,96)(H,97,98)(H,99,100)(H2,71,72,101)/t40-,41-,42+,43+,44+,45+/m1/s1. The summed E-state index contributed by atoms with van der Waals surface area (Å²) in [5, 5.41) is 104. The van der Waals surface area contributed by atoms with Crippen LogP contribution in [0.1, 0.15) is 135 Å². The Balaban J connectivity index is 2.15. The normalized spacial score (nSPS) is 15.6. The Labute approximate surface area is 588 Å². The molecule has 0 unspecified atom stereocenters. The second-order valence-corrected chi connectivity index (χ2v) is 31.5. The first-order valence-corrected chi connectivity index (χ1v) is 34.9. The Morgan fingerprint density at radius 2 is 0.794 bits per heavy atom. The fourth-order valence-electron chi connectivity index (χ4n) is 11.4. The van der Waals surface area contributed by atoms with Crippen LogP contribution in [0.25, 0.3) is 0 Å². The zero-order valence-corrected chi connectivity index (χ0v) is 59.1. The highest BCUT2D eigenvalue weighted by Gasteiger charge is 2.56. The van der Waals surface area contributed by atoms with Crippen molar-refractivity contribution < 1.29 is 127 Å². The first-order chi connectivity index (χ1) is 47.5. The molecule has 102 heavy (non-hydrogen) atoms. The summed E-state index contributed by atoms with van der Waals surface area (Å²) < 4.78 is 17.1. The molecule has 1 fully saturated rings. The molecule has 37 nitrogen and oxygen atoms in total. The summed E-state index contributed by atoms with van der Waals surface area (Å²) in [5.41, 5.74) is 0.0380. The fraction of sp³-hybridized carbons (Fsp3) is 0.651. The fourth-order valence-corrected chi connectivity index (χ4v) is 16.0. The van der Waals surface area contributed by atoms with Crippen LogP contribution >= 0.6 is 0 Å². The Morgan fingerprint density at radius 1 is 0.412 bits per heavy atom. The first kappa shape index (κ1) is 88.6. The van der Waals surface area contributed by atoms with Gasteiger partial charge in [0, 0.05) is 110 Å². The largest absolute Gasteiger partial charge is 0.481 e. The van der Waals surface area contributed by atoms with Gasteiger partial charge in [-0.15, -0.1) is 0 Å². The Morgan fingerprint density at radius 3 is 1.21 bits per heavy atom. The van der Waals surface area contributed by atoms with E-state index < -0.39 is 215 Å². The molecule has 0 aromatic heterocycles. The summed E-state index contributed by atoms with van der Waals surface area (Å²) in [4.78, 5) is 205. The average Bonchev–Trinajstić information content (AvgIpc) is 0.748. The lowest BCUT2D eigenvalue weighted by molar-refractivity contribution is -0.145. The molecule has 572 valence electrons. The second-order valence-electron chi connectivity index (χ2n) is 26.6. The van der Waals surface area contributed by atoms with Crippen molar-refractivity contribution >= 4 is 109 Å². The number of carboxylic acid groups (broad SMARTS) is 9. The zero-order valence-electron chi connectivity index (χ0n) is 58.1. The number of urea groups is 1. The topological polar surface area (TPSA) is 564 Å². The molecule has 1 aromatic rings. The third-order valence-electron chi connectivity index (χ3n) is 16.6. The predicted molar refractivity (Wildman–Crippen MR) is 359 cm³/mol. The van der Waals surface area contributed by atoms with Crippen molar-refractivity contribution in [2.45, 2.75) is 171 Å². The number of carbonyl (C=O) groups excluding carboxylic acids is 7. The average molecular weight is 1470 g/mol. The van der Waals surface area contributed by atoms with Gasteiger partial charge in [0.15, 0.2) is 0 Å². The summed E-state index contributed by atoms with van der Waals surface area (Å²) >= 11 is 0. The molecule has 1 saturated heterocycles. The second kappa shape index (κ2) is 43.4. The third-order valence-corrected chi connectivity index (χ3v) is 21.9. The molecule has 1 aliphatic rings. The molecule has 0 aliphatic carbocycles. The summed E-state index contributed by atoms with van der Waals surface area (Å²) in [6, 6.07) is -5.18. The van der Waals surface area contributed by atoms with Crippen molar-refractivity contribution in [3.05, 3.63) is 29.8 Å². The summed E-state index contributed by atoms with van der Waals surface area (Å²) in [5.74, 6) is -17.5. The summed E-state index contributed by atoms with van der Waals surface area (Å²) in [7, 11) is -3.77. The van der Waals surface area contributed by atoms with E-state index in [-0.39, 0.29) is 116 Å². The molecule has 2 rings (SSSR count). The number of hydrogen-bond acceptors (Lipinski definition) is 20. The highest BCUT2D eigenvalue weighted by Crippen LogP contribution is 2.51. The number of nitrogens with zero attached hydrogens (tertiary/aromatic N) is 4. The van der Waals surface area contributed by atoms with Crippen LogP contribution in [0.2, 0.25) is 10.1 Å². The van der Waals surface area contributed by atoms with Crippen LogP contribution in [-0.4, -0.2) is 297 Å². The molecule has 0 bridgehead atoms. The van der Waals surface area contributed by atoms with Crippen molar-refractivity contribution in [1.29, 1.82) is 0 Å². The zero-order chi connectivity index (χ0) is 77.2. The summed E-state index contributed by atoms with van der Waals surface area (Å²) in [6.45, 7) is 8.44. The van der Waals surface area contributed by atoms with Gasteiger partial charge in [-0.3, -0.25) is 72.3 Å². The lowest BCUT2D eigenvalue weighted by Crippen LogP contribution is -2.58. The first-order valence-electron chi connectivity index (χ1n) is 33.0. The minimum atomic E-state index is -3.77. The van der Waals surface area contributed by atoms with Gasteiger partial charge in [-0.2, -0.15) is 0 Å². The number of benzene rings is 1. The van der Waals surface area contributed by atoms with Gasteiger partial charge in [0.25, 0.3) is 14.3 Å². The number of amides is 8. The van der Waals surface area contributed by atoms with Crippen molar-refractivity contribution in [2.75, 3.05) is 91.6 Å². The highest BCUT2D eigenvalue weighted by atomic mass is 28.4. The van der Waals surface area contributed by atoms with E-state index in [4.69, 9.17) is 5.11 Å². The van der Waals surface area contributed by atoms with Gasteiger partial charge >= 0.3 is 59.8 Å². The number of rotatable bonds is 43. The molecule has 17 N–H and O–H groups in total. The summed E-state index contributed by atoms with van der Waals surface area (Å²) in [6.07, 6.45) is -4.25. The quantitative estimate of drug-likeness (QED) is 0.0197. The number of carbonyl (C=O) groups is 16. The van der Waals surface area contributed by atoms with Gasteiger partial charge < -0.3 is 92.6 Å². The van der Waals surface area contributed by atoms with E-state index in [2.05, 4.69) is 31.9 Å². The predicted octanol–water partition coefficient (Wildman–Crippen LogP) is -1.72. The maximum absolute atomic E-state index is 17.1. The smallest absolute Gasteiger partial charge is 0.326 e. The molecule has 0 spiro atoms.